The average molecular weight is 701 g/mol. The first-order valence-electron chi connectivity index (χ1n) is 16.5. The van der Waals surface area contributed by atoms with Gasteiger partial charge in [0, 0.05) is 35.8 Å². The summed E-state index contributed by atoms with van der Waals surface area (Å²) in [5.41, 5.74) is -0.00892. The number of amidine groups is 1. The molecule has 1 aromatic rings. The van der Waals surface area contributed by atoms with Gasteiger partial charge in [0.25, 0.3) is 5.91 Å². The Balaban J connectivity index is 1.62. The van der Waals surface area contributed by atoms with E-state index in [2.05, 4.69) is 31.5 Å². The number of nitrogens with one attached hydrogen (secondary N) is 2. The molecule has 1 aromatic carbocycles. The average Bonchev–Trinajstić information content (AvgIpc) is 3.05. The monoisotopic (exact) mass is 700 g/mol. The second kappa shape index (κ2) is 17.3. The number of carbonyl (C=O) groups is 5. The van der Waals surface area contributed by atoms with Crippen LogP contribution in [0.3, 0.4) is 0 Å². The van der Waals surface area contributed by atoms with Gasteiger partial charge in [-0.3, -0.25) is 38.5 Å². The van der Waals surface area contributed by atoms with Crippen molar-refractivity contribution in [1.29, 1.82) is 0 Å². The molecule has 50 heavy (non-hydrogen) atoms. The molecule has 4 amide bonds. The lowest BCUT2D eigenvalue weighted by atomic mass is 10.0. The third kappa shape index (κ3) is 11.2. The molecule has 0 aliphatic carbocycles. The van der Waals surface area contributed by atoms with Gasteiger partial charge in [-0.25, -0.2) is 9.79 Å². The van der Waals surface area contributed by atoms with E-state index in [1.54, 1.807) is 13.8 Å². The molecule has 3 unspecified atom stereocenters. The topological polar surface area (TPSA) is 150 Å². The van der Waals surface area contributed by atoms with Gasteiger partial charge in [-0.05, 0) is 56.9 Å². The lowest BCUT2D eigenvalue weighted by Crippen LogP contribution is -2.48. The summed E-state index contributed by atoms with van der Waals surface area (Å²) in [4.78, 5) is 75.8. The molecule has 0 saturated heterocycles. The van der Waals surface area contributed by atoms with Crippen LogP contribution in [-0.2, 0) is 19.2 Å². The van der Waals surface area contributed by atoms with Crippen molar-refractivity contribution in [3.8, 4) is 12.3 Å². The van der Waals surface area contributed by atoms with Crippen molar-refractivity contribution in [3.05, 3.63) is 29.8 Å². The summed E-state index contributed by atoms with van der Waals surface area (Å²) < 4.78 is 41.2. The summed E-state index contributed by atoms with van der Waals surface area (Å²) in [6, 6.07) is 3.77. The van der Waals surface area contributed by atoms with Gasteiger partial charge in [-0.1, -0.05) is 13.8 Å². The lowest BCUT2D eigenvalue weighted by molar-refractivity contribution is -0.814. The fraction of sp³-hybridized carbons (Fsp3) is 0.543. The summed E-state index contributed by atoms with van der Waals surface area (Å²) in [5, 5.41) is 5.44. The molecule has 0 fully saturated rings. The number of hydrogen-bond acceptors (Lipinski definition) is 8. The number of anilines is 1. The van der Waals surface area contributed by atoms with Crippen LogP contribution in [0.25, 0.3) is 0 Å². The molecule has 2 aliphatic heterocycles. The number of benzene rings is 1. The minimum atomic E-state index is -5.22. The highest BCUT2D eigenvalue weighted by molar-refractivity contribution is 6.34. The summed E-state index contributed by atoms with van der Waals surface area (Å²) >= 11 is 0. The van der Waals surface area contributed by atoms with E-state index in [1.807, 2.05) is 21.0 Å². The van der Waals surface area contributed by atoms with Crippen molar-refractivity contribution in [2.45, 2.75) is 90.1 Å². The van der Waals surface area contributed by atoms with Crippen LogP contribution in [-0.4, -0.2) is 103 Å². The number of halogens is 3. The summed E-state index contributed by atoms with van der Waals surface area (Å²) in [5.74, 6) is -0.913. The molecule has 0 aromatic heterocycles. The Kier molecular flexibility index (Phi) is 13.7. The Labute approximate surface area is 290 Å². The number of alkyl halides is 3. The first-order chi connectivity index (χ1) is 23.4. The fourth-order valence-electron chi connectivity index (χ4n) is 5.28. The van der Waals surface area contributed by atoms with E-state index in [4.69, 9.17) is 6.42 Å². The van der Waals surface area contributed by atoms with Crippen molar-refractivity contribution in [2.24, 2.45) is 20.9 Å². The molecule has 3 rings (SSSR count). The molecule has 0 radical (unpaired) electrons. The zero-order valence-corrected chi connectivity index (χ0v) is 29.0. The van der Waals surface area contributed by atoms with Crippen LogP contribution in [0.15, 0.2) is 39.2 Å². The number of carbonyl (C=O) groups excluding carboxylic acids is 5. The van der Waals surface area contributed by atoms with Crippen molar-refractivity contribution in [2.75, 3.05) is 32.1 Å². The molecule has 3 atom stereocenters. The number of aliphatic imine (C=N–C) groups is 3. The maximum Gasteiger partial charge on any atom is 0.471 e. The third-order valence-corrected chi connectivity index (χ3v) is 8.33. The molecular formula is C35H45F3N7O5+. The number of unbranched alkanes of at least 4 members (excludes halogenated alkanes) is 2. The van der Waals surface area contributed by atoms with Crippen LogP contribution in [0.1, 0.15) is 76.1 Å². The van der Waals surface area contributed by atoms with Crippen molar-refractivity contribution in [3.63, 3.8) is 0 Å². The van der Waals surface area contributed by atoms with Crippen LogP contribution in [0.4, 0.5) is 18.9 Å². The Morgan fingerprint density at radius 1 is 1.06 bits per heavy atom. The molecule has 0 spiro atoms. The van der Waals surface area contributed by atoms with Gasteiger partial charge in [0.2, 0.25) is 5.91 Å². The zero-order valence-electron chi connectivity index (χ0n) is 29.0. The molecule has 0 saturated carbocycles. The highest BCUT2D eigenvalue weighted by Crippen LogP contribution is 2.26. The SMILES string of the molecule is C#CCCCC(=O)[N+](C)(C)CCCCC(C)NC(=O)c1ccc(N(CC2=NC3C(=O)CC(NC(=O)C(C)C)=NC3N=C2)C(=O)C(F)(F)F)cc1. The highest BCUT2D eigenvalue weighted by atomic mass is 19.4. The number of Topliss-reactive ketones (excluding diaryl/α,β-unsaturated/α-hetero) is 1. The Hall–Kier alpha value is -4.71. The molecule has 0 bridgehead atoms. The maximum atomic E-state index is 13.7. The molecule has 15 heteroatoms. The molecule has 2 heterocycles. The summed E-state index contributed by atoms with van der Waals surface area (Å²) in [7, 11) is 3.73. The number of amides is 4. The zero-order chi connectivity index (χ0) is 37.2. The van der Waals surface area contributed by atoms with Gasteiger partial charge in [0.05, 0.1) is 45.7 Å². The largest absolute Gasteiger partial charge is 0.471 e. The normalized spacial score (nSPS) is 18.0. The Morgan fingerprint density at radius 3 is 2.36 bits per heavy atom. The Bertz CT molecular complexity index is 1580. The van der Waals surface area contributed by atoms with Crippen LogP contribution >= 0.6 is 0 Å². The summed E-state index contributed by atoms with van der Waals surface area (Å²) in [6.07, 6.45) is 3.79. The second-order valence-corrected chi connectivity index (χ2v) is 13.3. The van der Waals surface area contributed by atoms with Gasteiger partial charge < -0.3 is 10.6 Å². The van der Waals surface area contributed by atoms with Gasteiger partial charge in [-0.2, -0.15) is 13.2 Å². The van der Waals surface area contributed by atoms with Gasteiger partial charge in [0.15, 0.2) is 18.0 Å². The van der Waals surface area contributed by atoms with Crippen LogP contribution in [0, 0.1) is 18.3 Å². The van der Waals surface area contributed by atoms with E-state index >= 15 is 0 Å². The number of ketones is 1. The number of terminal acetylenes is 1. The minimum absolute atomic E-state index is 0.0480. The lowest BCUT2D eigenvalue weighted by Gasteiger charge is -2.29. The van der Waals surface area contributed by atoms with Crippen LogP contribution < -0.4 is 15.5 Å². The second-order valence-electron chi connectivity index (χ2n) is 13.3. The number of nitrogens with zero attached hydrogens (tertiary/aromatic N) is 5. The van der Waals surface area contributed by atoms with Gasteiger partial charge in [0.1, 0.15) is 5.84 Å². The molecule has 2 N–H and O–H groups in total. The highest BCUT2D eigenvalue weighted by Gasteiger charge is 2.44. The van der Waals surface area contributed by atoms with E-state index in [9.17, 15) is 37.1 Å². The van der Waals surface area contributed by atoms with Crippen LogP contribution in [0.5, 0.6) is 0 Å². The molecular weight excluding hydrogens is 655 g/mol. The minimum Gasteiger partial charge on any atom is -0.350 e. The number of hydrogen-bond donors (Lipinski definition) is 2. The number of fused-ring (bicyclic) bond motifs is 1. The van der Waals surface area contributed by atoms with E-state index < -0.39 is 42.5 Å². The number of quaternary nitrogens is 1. The van der Waals surface area contributed by atoms with Crippen molar-refractivity contribution in [1.82, 2.24) is 10.6 Å². The van der Waals surface area contributed by atoms with Crippen molar-refractivity contribution < 1.29 is 41.6 Å². The van der Waals surface area contributed by atoms with Gasteiger partial charge in [-0.15, -0.1) is 12.3 Å². The van der Waals surface area contributed by atoms with E-state index in [1.165, 1.54) is 24.3 Å². The third-order valence-electron chi connectivity index (χ3n) is 8.33. The quantitative estimate of drug-likeness (QED) is 0.173. The molecule has 12 nitrogen and oxygen atoms in total. The van der Waals surface area contributed by atoms with E-state index in [0.29, 0.717) is 37.1 Å². The van der Waals surface area contributed by atoms with E-state index in [-0.39, 0.29) is 57.5 Å². The first kappa shape index (κ1) is 39.7. The Morgan fingerprint density at radius 2 is 1.74 bits per heavy atom. The smallest absolute Gasteiger partial charge is 0.350 e. The number of rotatable bonds is 14. The predicted octanol–water partition coefficient (Wildman–Crippen LogP) is 3.64. The van der Waals surface area contributed by atoms with E-state index in [0.717, 1.165) is 19.1 Å². The van der Waals surface area contributed by atoms with Crippen LogP contribution in [0.2, 0.25) is 0 Å². The predicted molar refractivity (Wildman–Crippen MR) is 184 cm³/mol. The fourth-order valence-corrected chi connectivity index (χ4v) is 5.28. The van der Waals surface area contributed by atoms with Crippen molar-refractivity contribution >= 4 is 52.9 Å². The molecule has 2 aliphatic rings. The maximum absolute atomic E-state index is 13.7. The summed E-state index contributed by atoms with van der Waals surface area (Å²) in [6.45, 7) is 5.19. The molecule has 270 valence electrons. The first-order valence-corrected chi connectivity index (χ1v) is 16.5. The van der Waals surface area contributed by atoms with Gasteiger partial charge >= 0.3 is 18.0 Å². The standard InChI is InChI=1S/C35H44F3N7O5/c1-7-8-9-13-29(47)45(5,6)18-11-10-12-23(4)40-33(49)24-14-16-26(17-15-24)44(34(50)35(36,37)38)21-25-20-39-31-30(41-25)27(46)19-28(42-31)43-32(48)22(2)3/h1,14-17,20,22-23,30-31H,8-13,18-19,21H2,2-6H3,(H-,40,42,43,48,49)/p+1.